The van der Waals surface area contributed by atoms with Gasteiger partial charge in [-0.2, -0.15) is 0 Å². The highest BCUT2D eigenvalue weighted by Crippen LogP contribution is 2.18. The summed E-state index contributed by atoms with van der Waals surface area (Å²) in [6, 6.07) is 17.2. The van der Waals surface area contributed by atoms with E-state index < -0.39 is 0 Å². The van der Waals surface area contributed by atoms with Crippen LogP contribution in [-0.2, 0) is 14.1 Å². The smallest absolute Gasteiger partial charge is 0.0480 e. The van der Waals surface area contributed by atoms with E-state index in [1.165, 1.54) is 32.9 Å². The molecule has 2 heteroatoms. The van der Waals surface area contributed by atoms with Crippen molar-refractivity contribution in [2.24, 2.45) is 14.1 Å². The topological polar surface area (TPSA) is 9.86 Å². The van der Waals surface area contributed by atoms with Crippen molar-refractivity contribution in [2.75, 3.05) is 0 Å². The van der Waals surface area contributed by atoms with Gasteiger partial charge < -0.3 is 9.13 Å². The van der Waals surface area contributed by atoms with E-state index in [0.717, 1.165) is 0 Å². The summed E-state index contributed by atoms with van der Waals surface area (Å²) in [7, 11) is 4.14. The largest absolute Gasteiger partial charge is 0.351 e. The molecule has 0 amide bonds. The molecule has 0 radical (unpaired) electrons. The van der Waals surface area contributed by atoms with Gasteiger partial charge in [-0.05, 0) is 55.1 Å². The summed E-state index contributed by atoms with van der Waals surface area (Å²) in [4.78, 5) is 0. The Hall–Kier alpha value is -2.48. The zero-order chi connectivity index (χ0) is 15.7. The minimum Gasteiger partial charge on any atom is -0.351 e. The summed E-state index contributed by atoms with van der Waals surface area (Å²) < 4.78 is 4.27. The first-order chi connectivity index (χ1) is 10.6. The highest BCUT2D eigenvalue weighted by molar-refractivity contribution is 5.83. The fourth-order valence-electron chi connectivity index (χ4n) is 2.86. The lowest BCUT2D eigenvalue weighted by atomic mass is 10.1. The Labute approximate surface area is 146 Å². The van der Waals surface area contributed by atoms with Crippen LogP contribution in [0, 0.1) is 13.8 Å². The van der Waals surface area contributed by atoms with Crippen LogP contribution < -0.4 is 0 Å². The quantitative estimate of drug-likeness (QED) is 0.362. The Morgan fingerprint density at radius 1 is 0.708 bits per heavy atom. The molecule has 0 aliphatic rings. The lowest BCUT2D eigenvalue weighted by Crippen LogP contribution is -1.83. The van der Waals surface area contributed by atoms with Gasteiger partial charge in [0, 0.05) is 42.9 Å². The van der Waals surface area contributed by atoms with Gasteiger partial charge in [-0.25, -0.2) is 0 Å². The maximum Gasteiger partial charge on any atom is 0.0480 e. The normalized spacial score (nSPS) is 9.83. The zero-order valence-corrected chi connectivity index (χ0v) is 13.7. The molecule has 0 aliphatic carbocycles. The van der Waals surface area contributed by atoms with Crippen LogP contribution in [0.4, 0.5) is 0 Å². The Balaban J connectivity index is 0.000000222. The average molecular weight is 322 g/mol. The Bertz CT molecular complexity index is 926. The van der Waals surface area contributed by atoms with Crippen molar-refractivity contribution in [1.82, 2.24) is 9.13 Å². The molecule has 0 atom stereocenters. The van der Waals surface area contributed by atoms with Gasteiger partial charge in [0.1, 0.15) is 0 Å². The minimum absolute atomic E-state index is 0. The van der Waals surface area contributed by atoms with E-state index in [0.29, 0.717) is 0 Å². The van der Waals surface area contributed by atoms with Gasteiger partial charge in [0.2, 0.25) is 0 Å². The number of aryl methyl sites for hydroxylation is 4. The van der Waals surface area contributed by atoms with Crippen molar-refractivity contribution in [3.63, 3.8) is 0 Å². The van der Waals surface area contributed by atoms with Gasteiger partial charge in [-0.15, -0.1) is 0 Å². The van der Waals surface area contributed by atoms with Crippen molar-refractivity contribution in [1.29, 1.82) is 0 Å². The van der Waals surface area contributed by atoms with Gasteiger partial charge in [-0.3, -0.25) is 0 Å². The van der Waals surface area contributed by atoms with E-state index in [-0.39, 0.29) is 14.9 Å². The van der Waals surface area contributed by atoms with Crippen LogP contribution in [0.3, 0.4) is 0 Å². The van der Waals surface area contributed by atoms with Crippen molar-refractivity contribution < 1.29 is 0 Å². The highest BCUT2D eigenvalue weighted by Gasteiger charge is 1.97. The molecule has 0 saturated heterocycles. The number of fused-ring (bicyclic) bond motifs is 2. The van der Waals surface area contributed by atoms with Crippen LogP contribution >= 0.6 is 0 Å². The maximum atomic E-state index is 2.20. The van der Waals surface area contributed by atoms with Crippen molar-refractivity contribution in [3.05, 3.63) is 72.1 Å². The molecule has 2 nitrogen and oxygen atoms in total. The monoisotopic (exact) mass is 322 g/mol. The zero-order valence-electron chi connectivity index (χ0n) is 13.7. The van der Waals surface area contributed by atoms with Gasteiger partial charge in [-0.1, -0.05) is 38.6 Å². The van der Waals surface area contributed by atoms with E-state index in [4.69, 9.17) is 0 Å². The van der Waals surface area contributed by atoms with Gasteiger partial charge in [0.15, 0.2) is 0 Å². The molecule has 2 aromatic carbocycles. The Morgan fingerprint density at radius 2 is 1.38 bits per heavy atom. The lowest BCUT2D eigenvalue weighted by Gasteiger charge is -1.96. The third-order valence-corrected chi connectivity index (χ3v) is 4.19. The molecule has 2 aromatic heterocycles. The molecule has 0 unspecified atom stereocenters. The molecule has 4 aromatic rings. The molecular formula is C22H30N2. The van der Waals surface area contributed by atoms with Crippen LogP contribution in [0.15, 0.2) is 60.9 Å². The molecule has 0 aliphatic heterocycles. The van der Waals surface area contributed by atoms with Crippen molar-refractivity contribution in [3.8, 4) is 0 Å². The van der Waals surface area contributed by atoms with Crippen LogP contribution in [0.1, 0.15) is 26.0 Å². The summed E-state index contributed by atoms with van der Waals surface area (Å²) in [5, 5.41) is 2.68. The van der Waals surface area contributed by atoms with Gasteiger partial charge in [0.05, 0.1) is 0 Å². The number of rotatable bonds is 0. The first kappa shape index (κ1) is 19.6. The SMILES string of the molecule is C.C.Cc1ccc2c(ccn2C)c1.Cc1cccc2c1ccn2C. The van der Waals surface area contributed by atoms with Crippen LogP contribution in [0.25, 0.3) is 21.8 Å². The number of benzene rings is 2. The number of hydrogen-bond donors (Lipinski definition) is 0. The molecule has 0 N–H and O–H groups in total. The third-order valence-electron chi connectivity index (χ3n) is 4.19. The maximum absolute atomic E-state index is 2.20. The van der Waals surface area contributed by atoms with Crippen LogP contribution in [0.2, 0.25) is 0 Å². The molecule has 0 saturated carbocycles. The molecule has 2 heterocycles. The standard InChI is InChI=1S/2C10H11N.2CH4/c1-8-3-4-10-9(7-8)5-6-11(10)2;1-8-4-3-5-10-9(8)6-7-11(10)2;;/h2*3-7H,1-2H3;2*1H4. The molecule has 0 fully saturated rings. The molecule has 0 spiro atoms. The second-order valence-corrected chi connectivity index (χ2v) is 5.92. The van der Waals surface area contributed by atoms with E-state index >= 15 is 0 Å². The predicted molar refractivity (Wildman–Crippen MR) is 109 cm³/mol. The summed E-state index contributed by atoms with van der Waals surface area (Å²) >= 11 is 0. The first-order valence-corrected chi connectivity index (χ1v) is 7.58. The second-order valence-electron chi connectivity index (χ2n) is 5.92. The van der Waals surface area contributed by atoms with E-state index in [1.807, 2.05) is 0 Å². The fourth-order valence-corrected chi connectivity index (χ4v) is 2.86. The second kappa shape index (κ2) is 7.87. The average Bonchev–Trinajstić information content (AvgIpc) is 3.05. The summed E-state index contributed by atoms with van der Waals surface area (Å²) in [6.45, 7) is 4.26. The van der Waals surface area contributed by atoms with E-state index in [2.05, 4.69) is 98.0 Å². The fraction of sp³-hybridized carbons (Fsp3) is 0.273. The van der Waals surface area contributed by atoms with Crippen LogP contribution in [0.5, 0.6) is 0 Å². The van der Waals surface area contributed by atoms with Gasteiger partial charge >= 0.3 is 0 Å². The predicted octanol–water partition coefficient (Wildman–Crippen LogP) is 6.25. The summed E-state index contributed by atoms with van der Waals surface area (Å²) in [6.07, 6.45) is 4.18. The summed E-state index contributed by atoms with van der Waals surface area (Å²) in [5.41, 5.74) is 5.28. The van der Waals surface area contributed by atoms with Crippen LogP contribution in [-0.4, -0.2) is 9.13 Å². The molecule has 24 heavy (non-hydrogen) atoms. The van der Waals surface area contributed by atoms with E-state index in [1.54, 1.807) is 0 Å². The minimum atomic E-state index is 0. The molecule has 4 rings (SSSR count). The first-order valence-electron chi connectivity index (χ1n) is 7.58. The third kappa shape index (κ3) is 3.70. The van der Waals surface area contributed by atoms with Gasteiger partial charge in [0.25, 0.3) is 0 Å². The van der Waals surface area contributed by atoms with Crippen molar-refractivity contribution in [2.45, 2.75) is 28.7 Å². The highest BCUT2D eigenvalue weighted by atomic mass is 14.9. The van der Waals surface area contributed by atoms with E-state index in [9.17, 15) is 0 Å². The number of aromatic nitrogens is 2. The lowest BCUT2D eigenvalue weighted by molar-refractivity contribution is 0.969. The number of hydrogen-bond acceptors (Lipinski definition) is 0. The van der Waals surface area contributed by atoms with Crippen molar-refractivity contribution >= 4 is 21.8 Å². The summed E-state index contributed by atoms with van der Waals surface area (Å²) in [5.74, 6) is 0. The molecule has 128 valence electrons. The molecular weight excluding hydrogens is 292 g/mol. The number of nitrogens with zero attached hydrogens (tertiary/aromatic N) is 2. The molecule has 0 bridgehead atoms. The Kier molecular flexibility index (Phi) is 6.42. The Morgan fingerprint density at radius 3 is 2.08 bits per heavy atom.